The van der Waals surface area contributed by atoms with Gasteiger partial charge in [0.15, 0.2) is 0 Å². The molecule has 0 fully saturated rings. The van der Waals surface area contributed by atoms with E-state index >= 15 is 0 Å². The molecule has 0 aliphatic carbocycles. The number of hydrogen-bond acceptors (Lipinski definition) is 2. The lowest BCUT2D eigenvalue weighted by Crippen LogP contribution is -2.30. The fourth-order valence-electron chi connectivity index (χ4n) is 0.535. The van der Waals surface area contributed by atoms with Crippen LogP contribution < -0.4 is 5.23 Å². The first-order valence-electron chi connectivity index (χ1n) is 3.43. The molecule has 0 aromatic heterocycles. The van der Waals surface area contributed by atoms with Crippen LogP contribution >= 0.6 is 31.5 Å². The Morgan fingerprint density at radius 1 is 1.82 bits per heavy atom. The van der Waals surface area contributed by atoms with Crippen LogP contribution in [-0.4, -0.2) is 23.5 Å². The first-order valence-corrected chi connectivity index (χ1v) is 5.34. The summed E-state index contributed by atoms with van der Waals surface area (Å²) in [7, 11) is 2.49. The molecule has 0 rings (SSSR count). The van der Waals surface area contributed by atoms with Crippen molar-refractivity contribution in [2.75, 3.05) is 13.2 Å². The molecule has 3 nitrogen and oxygen atoms in total. The molecule has 11 heavy (non-hydrogen) atoms. The lowest BCUT2D eigenvalue weighted by molar-refractivity contribution is -0.120. The van der Waals surface area contributed by atoms with E-state index in [1.165, 1.54) is 0 Å². The van der Waals surface area contributed by atoms with Gasteiger partial charge in [0.1, 0.15) is 0 Å². The first-order chi connectivity index (χ1) is 5.16. The normalized spacial score (nSPS) is 9.36. The van der Waals surface area contributed by atoms with E-state index in [0.29, 0.717) is 19.6 Å². The number of carbonyl (C=O) groups excluding carboxylic acids is 1. The van der Waals surface area contributed by atoms with Crippen LogP contribution in [0.2, 0.25) is 0 Å². The van der Waals surface area contributed by atoms with Crippen molar-refractivity contribution in [3.63, 3.8) is 0 Å². The Labute approximate surface area is 83.2 Å². The fraction of sp³-hybridized carbons (Fsp3) is 0.800. The molecular weight excluding hydrogens is 275 g/mol. The molecule has 0 aromatic rings. The van der Waals surface area contributed by atoms with Crippen LogP contribution in [-0.2, 0) is 9.53 Å². The minimum atomic E-state index is 0.0350. The fourth-order valence-corrected chi connectivity index (χ4v) is 1.07. The van der Waals surface area contributed by atoms with E-state index in [1.807, 2.05) is 6.92 Å². The van der Waals surface area contributed by atoms with Gasteiger partial charge in [-0.25, -0.2) is 0 Å². The SMILES string of the molecule is CCOCCC(=O)NB(P)I. The summed E-state index contributed by atoms with van der Waals surface area (Å²) in [5.74, 6) is 0.0350. The Kier molecular flexibility index (Phi) is 7.75. The van der Waals surface area contributed by atoms with Gasteiger partial charge in [-0.05, 0) is 6.92 Å². The van der Waals surface area contributed by atoms with Gasteiger partial charge < -0.3 is 9.96 Å². The molecule has 0 saturated carbocycles. The van der Waals surface area contributed by atoms with E-state index in [-0.39, 0.29) is 10.3 Å². The molecule has 0 saturated heterocycles. The van der Waals surface area contributed by atoms with Crippen LogP contribution in [0.1, 0.15) is 13.3 Å². The molecule has 0 aromatic carbocycles. The third kappa shape index (κ3) is 8.56. The van der Waals surface area contributed by atoms with E-state index < -0.39 is 0 Å². The van der Waals surface area contributed by atoms with Crippen molar-refractivity contribution in [1.82, 2.24) is 5.23 Å². The van der Waals surface area contributed by atoms with Crippen molar-refractivity contribution < 1.29 is 9.53 Å². The van der Waals surface area contributed by atoms with Crippen LogP contribution in [0.5, 0.6) is 0 Å². The largest absolute Gasteiger partial charge is 0.386 e. The predicted octanol–water partition coefficient (Wildman–Crippen LogP) is 0.824. The third-order valence-corrected chi connectivity index (χ3v) is 1.45. The minimum Gasteiger partial charge on any atom is -0.386 e. The van der Waals surface area contributed by atoms with Gasteiger partial charge in [-0.2, -0.15) is 0 Å². The standard InChI is InChI=1S/C5H12BINO2P/c1-2-10-4-3-5(9)8-6(7)11/h2-4,11H2,1H3,(H,8,9). The maximum atomic E-state index is 10.9. The van der Waals surface area contributed by atoms with Crippen LogP contribution in [0.15, 0.2) is 0 Å². The van der Waals surface area contributed by atoms with Crippen molar-refractivity contribution in [1.29, 1.82) is 0 Å². The topological polar surface area (TPSA) is 38.3 Å². The number of halogens is 1. The van der Waals surface area contributed by atoms with Crippen molar-refractivity contribution in [3.05, 3.63) is 0 Å². The molecule has 0 spiro atoms. The molecule has 1 atom stereocenters. The Hall–Kier alpha value is 0.655. The molecular formula is C5H12BINO2P. The third-order valence-electron chi connectivity index (χ3n) is 0.976. The first kappa shape index (κ1) is 11.7. The van der Waals surface area contributed by atoms with E-state index in [1.54, 1.807) is 0 Å². The molecule has 1 unspecified atom stereocenters. The van der Waals surface area contributed by atoms with E-state index in [4.69, 9.17) is 4.74 Å². The Morgan fingerprint density at radius 3 is 2.91 bits per heavy atom. The van der Waals surface area contributed by atoms with E-state index in [0.717, 1.165) is 0 Å². The molecule has 1 N–H and O–H groups in total. The van der Waals surface area contributed by atoms with Crippen LogP contribution in [0.3, 0.4) is 0 Å². The highest BCUT2D eigenvalue weighted by Gasteiger charge is 2.06. The molecule has 0 heterocycles. The summed E-state index contributed by atoms with van der Waals surface area (Å²) in [6, 6.07) is 0. The zero-order chi connectivity index (χ0) is 8.69. The number of hydrogen-bond donors (Lipinski definition) is 1. The van der Waals surface area contributed by atoms with Crippen LogP contribution in [0, 0.1) is 0 Å². The van der Waals surface area contributed by atoms with Gasteiger partial charge in [-0.1, -0.05) is 0 Å². The second-order valence-corrected chi connectivity index (χ2v) is 5.28. The predicted molar refractivity (Wildman–Crippen MR) is 58.7 cm³/mol. The average molecular weight is 287 g/mol. The van der Waals surface area contributed by atoms with E-state index in [9.17, 15) is 4.79 Å². The Morgan fingerprint density at radius 2 is 2.45 bits per heavy atom. The summed E-state index contributed by atoms with van der Waals surface area (Å²) in [6.07, 6.45) is 0.446. The second-order valence-electron chi connectivity index (χ2n) is 1.92. The van der Waals surface area contributed by atoms with Crippen LogP contribution in [0.25, 0.3) is 0 Å². The van der Waals surface area contributed by atoms with Gasteiger partial charge in [0.2, 0.25) is 5.91 Å². The van der Waals surface area contributed by atoms with Gasteiger partial charge in [-0.3, -0.25) is 4.79 Å². The molecule has 1 amide bonds. The average Bonchev–Trinajstić information content (AvgIpc) is 1.86. The molecule has 0 aliphatic heterocycles. The summed E-state index contributed by atoms with van der Waals surface area (Å²) in [5, 5.41) is 2.73. The number of nitrogens with one attached hydrogen (secondary N) is 1. The van der Waals surface area contributed by atoms with Crippen LogP contribution in [0.4, 0.5) is 0 Å². The molecule has 64 valence electrons. The van der Waals surface area contributed by atoms with Gasteiger partial charge in [0.05, 0.1) is 6.61 Å². The van der Waals surface area contributed by atoms with E-state index in [2.05, 4.69) is 36.7 Å². The molecule has 0 bridgehead atoms. The summed E-state index contributed by atoms with van der Waals surface area (Å²) < 4.78 is 5.13. The molecule has 6 heteroatoms. The number of carbonyl (C=O) groups is 1. The minimum absolute atomic E-state index is 0.0350. The summed E-state index contributed by atoms with van der Waals surface area (Å²) in [4.78, 5) is 10.9. The highest BCUT2D eigenvalue weighted by molar-refractivity contribution is 14.1. The Balaban J connectivity index is 3.23. The summed E-state index contributed by atoms with van der Waals surface area (Å²) >= 11 is 2.11. The quantitative estimate of drug-likeness (QED) is 0.352. The zero-order valence-corrected chi connectivity index (χ0v) is 9.78. The number of ether oxygens (including phenoxy) is 1. The number of amides is 1. The molecule has 0 aliphatic rings. The van der Waals surface area contributed by atoms with Gasteiger partial charge >= 0.3 is 4.42 Å². The van der Waals surface area contributed by atoms with Crippen molar-refractivity contribution >= 4 is 41.8 Å². The van der Waals surface area contributed by atoms with Crippen molar-refractivity contribution in [2.45, 2.75) is 13.3 Å². The highest BCUT2D eigenvalue weighted by Crippen LogP contribution is 1.98. The lowest BCUT2D eigenvalue weighted by atomic mass is 10.3. The lowest BCUT2D eigenvalue weighted by Gasteiger charge is -2.03. The monoisotopic (exact) mass is 287 g/mol. The van der Waals surface area contributed by atoms with Gasteiger partial charge in [-0.15, -0.1) is 31.5 Å². The van der Waals surface area contributed by atoms with Gasteiger partial charge in [0, 0.05) is 13.0 Å². The second kappa shape index (κ2) is 7.31. The summed E-state index contributed by atoms with van der Waals surface area (Å²) in [6.45, 7) is 3.09. The Bertz CT molecular complexity index is 125. The maximum Gasteiger partial charge on any atom is 0.349 e. The highest BCUT2D eigenvalue weighted by atomic mass is 127. The van der Waals surface area contributed by atoms with Crippen molar-refractivity contribution in [2.24, 2.45) is 0 Å². The molecule has 0 radical (unpaired) electrons. The smallest absolute Gasteiger partial charge is 0.349 e. The number of rotatable bonds is 5. The maximum absolute atomic E-state index is 10.9. The zero-order valence-electron chi connectivity index (χ0n) is 6.47. The van der Waals surface area contributed by atoms with Gasteiger partial charge in [0.25, 0.3) is 0 Å². The van der Waals surface area contributed by atoms with Crippen molar-refractivity contribution in [3.8, 4) is 0 Å². The summed E-state index contributed by atoms with van der Waals surface area (Å²) in [5.41, 5.74) is 0.